The average molecular weight is 244 g/mol. The first-order valence-corrected chi connectivity index (χ1v) is 5.68. The van der Waals surface area contributed by atoms with Crippen molar-refractivity contribution in [3.63, 3.8) is 0 Å². The van der Waals surface area contributed by atoms with Crippen LogP contribution in [0.3, 0.4) is 0 Å². The van der Waals surface area contributed by atoms with Gasteiger partial charge in [-0.2, -0.15) is 0 Å². The summed E-state index contributed by atoms with van der Waals surface area (Å²) in [4.78, 5) is 8.83. The summed E-state index contributed by atoms with van der Waals surface area (Å²) in [6, 6.07) is 5.71. The third-order valence-electron chi connectivity index (χ3n) is 2.87. The van der Waals surface area contributed by atoms with Gasteiger partial charge in [0, 0.05) is 5.56 Å². The molecular weight excluding hydrogens is 228 g/mol. The van der Waals surface area contributed by atoms with E-state index in [2.05, 4.69) is 9.97 Å². The number of benzene rings is 1. The number of aryl methyl sites for hydroxylation is 2. The summed E-state index contributed by atoms with van der Waals surface area (Å²) in [6.45, 7) is 3.90. The molecule has 2 aromatic rings. The van der Waals surface area contributed by atoms with Crippen LogP contribution < -0.4 is 9.47 Å². The molecule has 1 aromatic carbocycles. The van der Waals surface area contributed by atoms with Gasteiger partial charge in [-0.25, -0.2) is 4.98 Å². The number of ether oxygens (including phenoxy) is 2. The zero-order chi connectivity index (χ0) is 13.1. The number of rotatable bonds is 3. The molecule has 2 rings (SSSR count). The molecule has 18 heavy (non-hydrogen) atoms. The van der Waals surface area contributed by atoms with Gasteiger partial charge in [0.2, 0.25) is 0 Å². The second-order valence-electron chi connectivity index (χ2n) is 4.00. The first-order valence-electron chi connectivity index (χ1n) is 5.68. The fourth-order valence-corrected chi connectivity index (χ4v) is 1.68. The highest BCUT2D eigenvalue weighted by Gasteiger charge is 2.08. The van der Waals surface area contributed by atoms with E-state index in [9.17, 15) is 0 Å². The van der Waals surface area contributed by atoms with Crippen molar-refractivity contribution in [1.29, 1.82) is 0 Å². The van der Waals surface area contributed by atoms with Gasteiger partial charge in [0.05, 0.1) is 37.5 Å². The van der Waals surface area contributed by atoms with Gasteiger partial charge < -0.3 is 9.47 Å². The maximum atomic E-state index is 5.28. The van der Waals surface area contributed by atoms with E-state index >= 15 is 0 Å². The lowest BCUT2D eigenvalue weighted by Gasteiger charge is -2.09. The van der Waals surface area contributed by atoms with Crippen molar-refractivity contribution in [3.8, 4) is 22.8 Å². The Labute approximate surface area is 107 Å². The molecule has 1 aromatic heterocycles. The second kappa shape index (κ2) is 5.04. The standard InChI is InChI=1S/C14H16N2O2/c1-9-10(2)16-12(8-15-9)11-5-6-13(17-3)14(7-11)18-4/h5-8H,1-4H3. The zero-order valence-corrected chi connectivity index (χ0v) is 11.0. The highest BCUT2D eigenvalue weighted by molar-refractivity contribution is 5.63. The summed E-state index contributed by atoms with van der Waals surface area (Å²) in [7, 11) is 3.24. The topological polar surface area (TPSA) is 44.2 Å². The largest absolute Gasteiger partial charge is 0.493 e. The molecule has 0 radical (unpaired) electrons. The Morgan fingerprint density at radius 2 is 1.67 bits per heavy atom. The Kier molecular flexibility index (Phi) is 3.46. The van der Waals surface area contributed by atoms with Crippen LogP contribution in [0.5, 0.6) is 11.5 Å². The number of hydrogen-bond donors (Lipinski definition) is 0. The van der Waals surface area contributed by atoms with Crippen molar-refractivity contribution in [2.45, 2.75) is 13.8 Å². The molecule has 0 unspecified atom stereocenters. The minimum Gasteiger partial charge on any atom is -0.493 e. The average Bonchev–Trinajstić information content (AvgIpc) is 2.41. The molecule has 0 amide bonds. The highest BCUT2D eigenvalue weighted by Crippen LogP contribution is 2.31. The smallest absolute Gasteiger partial charge is 0.161 e. The normalized spacial score (nSPS) is 10.2. The van der Waals surface area contributed by atoms with E-state index in [1.54, 1.807) is 20.4 Å². The van der Waals surface area contributed by atoms with Gasteiger partial charge in [0.15, 0.2) is 11.5 Å². The number of nitrogens with zero attached hydrogens (tertiary/aromatic N) is 2. The summed E-state index contributed by atoms with van der Waals surface area (Å²) < 4.78 is 10.5. The zero-order valence-electron chi connectivity index (χ0n) is 11.0. The summed E-state index contributed by atoms with van der Waals surface area (Å²) in [5.41, 5.74) is 3.67. The predicted octanol–water partition coefficient (Wildman–Crippen LogP) is 2.78. The molecule has 0 spiro atoms. The minimum absolute atomic E-state index is 0.690. The first-order chi connectivity index (χ1) is 8.65. The molecule has 0 aliphatic heterocycles. The third kappa shape index (κ3) is 2.27. The molecule has 0 saturated heterocycles. The van der Waals surface area contributed by atoms with Crippen LogP contribution in [-0.2, 0) is 0 Å². The molecule has 1 heterocycles. The third-order valence-corrected chi connectivity index (χ3v) is 2.87. The second-order valence-corrected chi connectivity index (χ2v) is 4.00. The Bertz CT molecular complexity index is 568. The summed E-state index contributed by atoms with van der Waals surface area (Å²) in [5, 5.41) is 0. The van der Waals surface area contributed by atoms with E-state index in [0.717, 1.165) is 22.6 Å². The Balaban J connectivity index is 2.47. The van der Waals surface area contributed by atoms with Crippen LogP contribution in [0.2, 0.25) is 0 Å². The van der Waals surface area contributed by atoms with Crippen LogP contribution in [0.1, 0.15) is 11.4 Å². The predicted molar refractivity (Wildman–Crippen MR) is 70.0 cm³/mol. The molecule has 0 aliphatic carbocycles. The van der Waals surface area contributed by atoms with Crippen LogP contribution >= 0.6 is 0 Å². The lowest BCUT2D eigenvalue weighted by Crippen LogP contribution is -1.95. The molecule has 94 valence electrons. The van der Waals surface area contributed by atoms with Gasteiger partial charge in [-0.3, -0.25) is 4.98 Å². The van der Waals surface area contributed by atoms with Gasteiger partial charge in [-0.1, -0.05) is 0 Å². The molecule has 4 heteroatoms. The van der Waals surface area contributed by atoms with E-state index in [-0.39, 0.29) is 0 Å². The number of aromatic nitrogens is 2. The maximum Gasteiger partial charge on any atom is 0.161 e. The lowest BCUT2D eigenvalue weighted by atomic mass is 10.1. The molecule has 4 nitrogen and oxygen atoms in total. The van der Waals surface area contributed by atoms with Gasteiger partial charge in [-0.05, 0) is 32.0 Å². The molecule has 0 bridgehead atoms. The van der Waals surface area contributed by atoms with Crippen molar-refractivity contribution in [2.75, 3.05) is 14.2 Å². The van der Waals surface area contributed by atoms with Crippen LogP contribution in [0.25, 0.3) is 11.3 Å². The highest BCUT2D eigenvalue weighted by atomic mass is 16.5. The summed E-state index contributed by atoms with van der Waals surface area (Å²) in [6.07, 6.45) is 1.77. The lowest BCUT2D eigenvalue weighted by molar-refractivity contribution is 0.355. The van der Waals surface area contributed by atoms with Crippen LogP contribution in [0, 0.1) is 13.8 Å². The maximum absolute atomic E-state index is 5.28. The van der Waals surface area contributed by atoms with E-state index < -0.39 is 0 Å². The van der Waals surface area contributed by atoms with E-state index in [4.69, 9.17) is 9.47 Å². The van der Waals surface area contributed by atoms with Crippen LogP contribution in [-0.4, -0.2) is 24.2 Å². The van der Waals surface area contributed by atoms with Gasteiger partial charge >= 0.3 is 0 Å². The van der Waals surface area contributed by atoms with Gasteiger partial charge in [0.1, 0.15) is 0 Å². The first kappa shape index (κ1) is 12.4. The molecule has 0 N–H and O–H groups in total. The molecule has 0 aliphatic rings. The van der Waals surface area contributed by atoms with Crippen molar-refractivity contribution >= 4 is 0 Å². The Morgan fingerprint density at radius 1 is 0.944 bits per heavy atom. The van der Waals surface area contributed by atoms with E-state index in [1.807, 2.05) is 32.0 Å². The monoisotopic (exact) mass is 244 g/mol. The SMILES string of the molecule is COc1ccc(-c2cnc(C)c(C)n2)cc1OC. The quantitative estimate of drug-likeness (QED) is 0.832. The molecule has 0 fully saturated rings. The Hall–Kier alpha value is -2.10. The fourth-order valence-electron chi connectivity index (χ4n) is 1.68. The number of hydrogen-bond acceptors (Lipinski definition) is 4. The van der Waals surface area contributed by atoms with Crippen LogP contribution in [0.15, 0.2) is 24.4 Å². The van der Waals surface area contributed by atoms with E-state index in [1.165, 1.54) is 0 Å². The van der Waals surface area contributed by atoms with Gasteiger partial charge in [0.25, 0.3) is 0 Å². The van der Waals surface area contributed by atoms with Crippen molar-refractivity contribution in [2.24, 2.45) is 0 Å². The van der Waals surface area contributed by atoms with Gasteiger partial charge in [-0.15, -0.1) is 0 Å². The Morgan fingerprint density at radius 3 is 2.28 bits per heavy atom. The van der Waals surface area contributed by atoms with Crippen molar-refractivity contribution in [3.05, 3.63) is 35.8 Å². The minimum atomic E-state index is 0.690. The summed E-state index contributed by atoms with van der Waals surface area (Å²) in [5.74, 6) is 1.40. The molecule has 0 atom stereocenters. The number of methoxy groups -OCH3 is 2. The molecular formula is C14H16N2O2. The fraction of sp³-hybridized carbons (Fsp3) is 0.286. The van der Waals surface area contributed by atoms with E-state index in [0.29, 0.717) is 11.5 Å². The van der Waals surface area contributed by atoms with Crippen LogP contribution in [0.4, 0.5) is 0 Å². The summed E-state index contributed by atoms with van der Waals surface area (Å²) >= 11 is 0. The molecule has 0 saturated carbocycles. The van der Waals surface area contributed by atoms with Crippen molar-refractivity contribution < 1.29 is 9.47 Å². The van der Waals surface area contributed by atoms with Crippen molar-refractivity contribution in [1.82, 2.24) is 9.97 Å².